The van der Waals surface area contributed by atoms with Gasteiger partial charge in [-0.15, -0.1) is 0 Å². The van der Waals surface area contributed by atoms with Crippen LogP contribution in [0.2, 0.25) is 0 Å². The number of aryl methyl sites for hydroxylation is 1. The fraction of sp³-hybridized carbons (Fsp3) is 0.0909. The molecule has 0 saturated carbocycles. The number of halogens is 1. The Balaban J connectivity index is 2.58. The lowest BCUT2D eigenvalue weighted by Gasteiger charge is -2.05. The topological polar surface area (TPSA) is 51.8 Å². The molecule has 0 atom stereocenters. The van der Waals surface area contributed by atoms with Crippen LogP contribution in [0.15, 0.2) is 30.5 Å². The second kappa shape index (κ2) is 3.65. The van der Waals surface area contributed by atoms with E-state index in [2.05, 4.69) is 9.97 Å². The van der Waals surface area contributed by atoms with Crippen molar-refractivity contribution in [3.63, 3.8) is 0 Å². The number of aromatic nitrogens is 2. The van der Waals surface area contributed by atoms with Crippen molar-refractivity contribution in [1.82, 2.24) is 9.97 Å². The first-order valence-electron chi connectivity index (χ1n) is 4.52. The normalized spacial score (nSPS) is 10.3. The molecule has 2 aromatic rings. The first kappa shape index (κ1) is 9.58. The number of hydrogen-bond acceptors (Lipinski definition) is 3. The predicted molar refractivity (Wildman–Crippen MR) is 56.6 cm³/mol. The fourth-order valence-electron chi connectivity index (χ4n) is 1.39. The van der Waals surface area contributed by atoms with Crippen LogP contribution in [0, 0.1) is 12.7 Å². The molecule has 0 radical (unpaired) electrons. The van der Waals surface area contributed by atoms with Crippen molar-refractivity contribution in [2.24, 2.45) is 0 Å². The van der Waals surface area contributed by atoms with Crippen molar-refractivity contribution in [2.45, 2.75) is 6.92 Å². The maximum atomic E-state index is 13.1. The molecule has 0 amide bonds. The van der Waals surface area contributed by atoms with E-state index in [9.17, 15) is 4.39 Å². The lowest BCUT2D eigenvalue weighted by atomic mass is 10.1. The zero-order chi connectivity index (χ0) is 10.8. The third-order valence-electron chi connectivity index (χ3n) is 2.15. The summed E-state index contributed by atoms with van der Waals surface area (Å²) in [5.41, 5.74) is 7.80. The molecule has 76 valence electrons. The average molecular weight is 203 g/mol. The molecule has 0 aliphatic carbocycles. The number of benzene rings is 1. The zero-order valence-corrected chi connectivity index (χ0v) is 8.24. The molecule has 2 rings (SSSR count). The van der Waals surface area contributed by atoms with Gasteiger partial charge in [0.2, 0.25) is 5.95 Å². The van der Waals surface area contributed by atoms with Gasteiger partial charge in [-0.3, -0.25) is 0 Å². The smallest absolute Gasteiger partial charge is 0.220 e. The van der Waals surface area contributed by atoms with E-state index >= 15 is 0 Å². The quantitative estimate of drug-likeness (QED) is 0.772. The van der Waals surface area contributed by atoms with Gasteiger partial charge in [0, 0.05) is 11.8 Å². The summed E-state index contributed by atoms with van der Waals surface area (Å²) in [5.74, 6) is -0.0936. The molecule has 0 bridgehead atoms. The van der Waals surface area contributed by atoms with Crippen LogP contribution in [-0.4, -0.2) is 9.97 Å². The molecule has 4 heteroatoms. The third-order valence-corrected chi connectivity index (χ3v) is 2.15. The van der Waals surface area contributed by atoms with Gasteiger partial charge in [-0.2, -0.15) is 0 Å². The van der Waals surface area contributed by atoms with Gasteiger partial charge < -0.3 is 5.73 Å². The second-order valence-electron chi connectivity index (χ2n) is 3.26. The molecule has 2 N–H and O–H groups in total. The molecular formula is C11H10FN3. The van der Waals surface area contributed by atoms with E-state index in [1.54, 1.807) is 18.3 Å². The minimum absolute atomic E-state index is 0.191. The average Bonchev–Trinajstić information content (AvgIpc) is 2.22. The minimum Gasteiger partial charge on any atom is -0.368 e. The number of nitrogens with two attached hydrogens (primary N) is 1. The molecule has 0 saturated heterocycles. The molecule has 1 heterocycles. The van der Waals surface area contributed by atoms with Crippen LogP contribution in [0.4, 0.5) is 10.3 Å². The minimum atomic E-state index is -0.284. The van der Waals surface area contributed by atoms with Crippen LogP contribution in [0.25, 0.3) is 11.3 Å². The Morgan fingerprint density at radius 1 is 1.27 bits per heavy atom. The molecule has 1 aromatic carbocycles. The molecule has 15 heavy (non-hydrogen) atoms. The van der Waals surface area contributed by atoms with Crippen molar-refractivity contribution < 1.29 is 4.39 Å². The van der Waals surface area contributed by atoms with Gasteiger partial charge in [0.05, 0.1) is 5.69 Å². The van der Waals surface area contributed by atoms with Gasteiger partial charge in [-0.1, -0.05) is 6.07 Å². The molecule has 1 aromatic heterocycles. The van der Waals surface area contributed by atoms with E-state index in [1.807, 2.05) is 6.92 Å². The van der Waals surface area contributed by atoms with Crippen LogP contribution >= 0.6 is 0 Å². The van der Waals surface area contributed by atoms with Crippen LogP contribution in [0.5, 0.6) is 0 Å². The Hall–Kier alpha value is -1.97. The summed E-state index contributed by atoms with van der Waals surface area (Å²) in [6.45, 7) is 1.90. The van der Waals surface area contributed by atoms with Crippen LogP contribution in [0.1, 0.15) is 5.56 Å². The van der Waals surface area contributed by atoms with Crippen molar-refractivity contribution >= 4 is 5.95 Å². The van der Waals surface area contributed by atoms with Gasteiger partial charge in [0.15, 0.2) is 0 Å². The SMILES string of the molecule is Cc1ccc(F)cc1-c1ccnc(N)n1. The van der Waals surface area contributed by atoms with E-state index < -0.39 is 0 Å². The summed E-state index contributed by atoms with van der Waals surface area (Å²) in [6.07, 6.45) is 1.56. The van der Waals surface area contributed by atoms with E-state index in [4.69, 9.17) is 5.73 Å². The van der Waals surface area contributed by atoms with Gasteiger partial charge in [-0.05, 0) is 30.7 Å². The highest BCUT2D eigenvalue weighted by Crippen LogP contribution is 2.22. The number of anilines is 1. The highest BCUT2D eigenvalue weighted by molar-refractivity contribution is 5.63. The van der Waals surface area contributed by atoms with Crippen LogP contribution in [0.3, 0.4) is 0 Å². The first-order valence-corrected chi connectivity index (χ1v) is 4.52. The van der Waals surface area contributed by atoms with Crippen LogP contribution in [-0.2, 0) is 0 Å². The number of rotatable bonds is 1. The van der Waals surface area contributed by atoms with Gasteiger partial charge >= 0.3 is 0 Å². The lowest BCUT2D eigenvalue weighted by molar-refractivity contribution is 0.628. The molecule has 0 aliphatic rings. The maximum absolute atomic E-state index is 13.1. The lowest BCUT2D eigenvalue weighted by Crippen LogP contribution is -1.96. The van der Waals surface area contributed by atoms with Gasteiger partial charge in [0.1, 0.15) is 5.82 Å². The standard InChI is InChI=1S/C11H10FN3/c1-7-2-3-8(12)6-9(7)10-4-5-14-11(13)15-10/h2-6H,1H3,(H2,13,14,15). The van der Waals surface area contributed by atoms with E-state index in [0.717, 1.165) is 11.1 Å². The second-order valence-corrected chi connectivity index (χ2v) is 3.26. The third kappa shape index (κ3) is 1.93. The monoisotopic (exact) mass is 203 g/mol. The first-order chi connectivity index (χ1) is 7.16. The Morgan fingerprint density at radius 2 is 2.07 bits per heavy atom. The number of hydrogen-bond donors (Lipinski definition) is 1. The highest BCUT2D eigenvalue weighted by atomic mass is 19.1. The van der Waals surface area contributed by atoms with Gasteiger partial charge in [-0.25, -0.2) is 14.4 Å². The van der Waals surface area contributed by atoms with Crippen molar-refractivity contribution in [1.29, 1.82) is 0 Å². The van der Waals surface area contributed by atoms with Crippen molar-refractivity contribution in [3.05, 3.63) is 41.8 Å². The van der Waals surface area contributed by atoms with Crippen molar-refractivity contribution in [2.75, 3.05) is 5.73 Å². The highest BCUT2D eigenvalue weighted by Gasteiger charge is 2.05. The summed E-state index contributed by atoms with van der Waals surface area (Å²) < 4.78 is 13.1. The summed E-state index contributed by atoms with van der Waals surface area (Å²) >= 11 is 0. The predicted octanol–water partition coefficient (Wildman–Crippen LogP) is 2.17. The Kier molecular flexibility index (Phi) is 2.33. The summed E-state index contributed by atoms with van der Waals surface area (Å²) in [5, 5.41) is 0. The summed E-state index contributed by atoms with van der Waals surface area (Å²) in [6, 6.07) is 6.28. The summed E-state index contributed by atoms with van der Waals surface area (Å²) in [4.78, 5) is 7.84. The summed E-state index contributed by atoms with van der Waals surface area (Å²) in [7, 11) is 0. The molecule has 3 nitrogen and oxygen atoms in total. The Morgan fingerprint density at radius 3 is 2.80 bits per heavy atom. The molecular weight excluding hydrogens is 193 g/mol. The Bertz CT molecular complexity index is 497. The molecule has 0 aliphatic heterocycles. The number of nitrogens with zero attached hydrogens (tertiary/aromatic N) is 2. The molecule has 0 unspecified atom stereocenters. The van der Waals surface area contributed by atoms with E-state index in [-0.39, 0.29) is 11.8 Å². The molecule has 0 spiro atoms. The molecule has 0 fully saturated rings. The van der Waals surface area contributed by atoms with Gasteiger partial charge in [0.25, 0.3) is 0 Å². The van der Waals surface area contributed by atoms with E-state index in [1.165, 1.54) is 12.1 Å². The van der Waals surface area contributed by atoms with E-state index in [0.29, 0.717) is 5.69 Å². The van der Waals surface area contributed by atoms with Crippen molar-refractivity contribution in [3.8, 4) is 11.3 Å². The fourth-order valence-corrected chi connectivity index (χ4v) is 1.39. The van der Waals surface area contributed by atoms with Crippen LogP contribution < -0.4 is 5.73 Å². The zero-order valence-electron chi connectivity index (χ0n) is 8.24. The maximum Gasteiger partial charge on any atom is 0.220 e. The number of nitrogen functional groups attached to an aromatic ring is 1. The largest absolute Gasteiger partial charge is 0.368 e. The Labute approximate surface area is 86.8 Å².